The Kier molecular flexibility index (Phi) is 4.76. The van der Waals surface area contributed by atoms with Crippen LogP contribution < -0.4 is 5.32 Å². The number of aryl methyl sites for hydroxylation is 1. The second kappa shape index (κ2) is 6.63. The second-order valence-corrected chi connectivity index (χ2v) is 7.01. The van der Waals surface area contributed by atoms with E-state index in [-0.39, 0.29) is 0 Å². The van der Waals surface area contributed by atoms with Crippen molar-refractivity contribution in [3.63, 3.8) is 0 Å². The molecule has 0 spiro atoms. The Balaban J connectivity index is 1.72. The summed E-state index contributed by atoms with van der Waals surface area (Å²) in [6.07, 6.45) is 4.07. The van der Waals surface area contributed by atoms with Gasteiger partial charge in [-0.3, -0.25) is 0 Å². The van der Waals surface area contributed by atoms with E-state index in [1.807, 2.05) is 35.9 Å². The molecule has 2 N–H and O–H groups in total. The van der Waals surface area contributed by atoms with Crippen molar-refractivity contribution in [2.45, 2.75) is 51.7 Å². The number of halogens is 1. The predicted octanol–water partition coefficient (Wildman–Crippen LogP) is 3.54. The summed E-state index contributed by atoms with van der Waals surface area (Å²) in [5.41, 5.74) is 3.82. The zero-order valence-electron chi connectivity index (χ0n) is 13.8. The SMILES string of the molecule is Cc1nn(-c2ccc(Cl)cc2)c(C)c1CNCC1(O)CCCC1. The summed E-state index contributed by atoms with van der Waals surface area (Å²) in [5, 5.41) is 19.2. The number of aromatic nitrogens is 2. The zero-order valence-corrected chi connectivity index (χ0v) is 14.5. The summed E-state index contributed by atoms with van der Waals surface area (Å²) in [6.45, 7) is 5.49. The fraction of sp³-hybridized carbons (Fsp3) is 0.500. The number of hydrogen-bond donors (Lipinski definition) is 2. The molecule has 1 saturated carbocycles. The summed E-state index contributed by atoms with van der Waals surface area (Å²) < 4.78 is 1.95. The molecular weight excluding hydrogens is 310 g/mol. The third-order valence-electron chi connectivity index (χ3n) is 4.80. The van der Waals surface area contributed by atoms with Crippen LogP contribution in [0.15, 0.2) is 24.3 Å². The molecule has 124 valence electrons. The molecule has 1 aromatic carbocycles. The molecule has 0 bridgehead atoms. The van der Waals surface area contributed by atoms with E-state index in [0.717, 1.165) is 54.3 Å². The van der Waals surface area contributed by atoms with Crippen LogP contribution in [0.2, 0.25) is 5.02 Å². The quantitative estimate of drug-likeness (QED) is 0.880. The van der Waals surface area contributed by atoms with Crippen LogP contribution in [-0.2, 0) is 6.54 Å². The van der Waals surface area contributed by atoms with Gasteiger partial charge in [0.15, 0.2) is 0 Å². The average molecular weight is 334 g/mol. The standard InChI is InChI=1S/C18H24ClN3O/c1-13-17(11-20-12-18(23)9-3-4-10-18)14(2)22(21-13)16-7-5-15(19)6-8-16/h5-8,20,23H,3-4,9-12H2,1-2H3. The van der Waals surface area contributed by atoms with Crippen molar-refractivity contribution < 1.29 is 5.11 Å². The van der Waals surface area contributed by atoms with Gasteiger partial charge in [0.25, 0.3) is 0 Å². The molecule has 0 saturated heterocycles. The lowest BCUT2D eigenvalue weighted by Crippen LogP contribution is -2.37. The number of aliphatic hydroxyl groups is 1. The van der Waals surface area contributed by atoms with Gasteiger partial charge in [0.05, 0.1) is 17.0 Å². The van der Waals surface area contributed by atoms with Crippen molar-refractivity contribution in [3.05, 3.63) is 46.2 Å². The Hall–Kier alpha value is -1.36. The van der Waals surface area contributed by atoms with Crippen LogP contribution in [0.1, 0.15) is 42.6 Å². The van der Waals surface area contributed by atoms with Crippen LogP contribution in [0.5, 0.6) is 0 Å². The van der Waals surface area contributed by atoms with Crippen LogP contribution in [0.4, 0.5) is 0 Å². The third kappa shape index (κ3) is 3.60. The molecule has 1 aliphatic carbocycles. The number of benzene rings is 1. The van der Waals surface area contributed by atoms with E-state index < -0.39 is 5.60 Å². The van der Waals surface area contributed by atoms with Crippen LogP contribution in [0.25, 0.3) is 5.69 Å². The molecule has 4 nitrogen and oxygen atoms in total. The maximum atomic E-state index is 10.4. The Morgan fingerprint density at radius 1 is 1.22 bits per heavy atom. The van der Waals surface area contributed by atoms with Crippen LogP contribution >= 0.6 is 11.6 Å². The van der Waals surface area contributed by atoms with E-state index in [1.165, 1.54) is 5.56 Å². The third-order valence-corrected chi connectivity index (χ3v) is 5.05. The Morgan fingerprint density at radius 3 is 2.52 bits per heavy atom. The number of hydrogen-bond acceptors (Lipinski definition) is 3. The molecule has 1 fully saturated rings. The van der Waals surface area contributed by atoms with Gasteiger partial charge < -0.3 is 10.4 Å². The van der Waals surface area contributed by atoms with E-state index in [4.69, 9.17) is 11.6 Å². The van der Waals surface area contributed by atoms with Gasteiger partial charge in [-0.25, -0.2) is 4.68 Å². The van der Waals surface area contributed by atoms with Gasteiger partial charge in [-0.1, -0.05) is 24.4 Å². The topological polar surface area (TPSA) is 50.1 Å². The lowest BCUT2D eigenvalue weighted by Gasteiger charge is -2.22. The van der Waals surface area contributed by atoms with Crippen molar-refractivity contribution >= 4 is 11.6 Å². The molecule has 2 aromatic rings. The molecule has 0 amide bonds. The Labute approximate surface area is 142 Å². The van der Waals surface area contributed by atoms with Crippen molar-refractivity contribution in [3.8, 4) is 5.69 Å². The normalized spacial score (nSPS) is 16.9. The maximum absolute atomic E-state index is 10.4. The van der Waals surface area contributed by atoms with Gasteiger partial charge in [0, 0.05) is 29.4 Å². The monoisotopic (exact) mass is 333 g/mol. The minimum absolute atomic E-state index is 0.520. The maximum Gasteiger partial charge on any atom is 0.0771 e. The lowest BCUT2D eigenvalue weighted by molar-refractivity contribution is 0.0474. The number of nitrogens with one attached hydrogen (secondary N) is 1. The van der Waals surface area contributed by atoms with Gasteiger partial charge >= 0.3 is 0 Å². The lowest BCUT2D eigenvalue weighted by atomic mass is 10.0. The number of nitrogens with zero attached hydrogens (tertiary/aromatic N) is 2. The summed E-state index contributed by atoms with van der Waals surface area (Å²) in [7, 11) is 0. The first kappa shape index (κ1) is 16.5. The van der Waals surface area contributed by atoms with Crippen LogP contribution in [0.3, 0.4) is 0 Å². The highest BCUT2D eigenvalue weighted by Crippen LogP contribution is 2.28. The highest BCUT2D eigenvalue weighted by atomic mass is 35.5. The number of rotatable bonds is 5. The molecule has 0 radical (unpaired) electrons. The molecule has 1 heterocycles. The molecule has 0 unspecified atom stereocenters. The van der Waals surface area contributed by atoms with E-state index in [0.29, 0.717) is 6.54 Å². The highest BCUT2D eigenvalue weighted by molar-refractivity contribution is 6.30. The Morgan fingerprint density at radius 2 is 1.87 bits per heavy atom. The van der Waals surface area contributed by atoms with Gasteiger partial charge in [-0.2, -0.15) is 5.10 Å². The predicted molar refractivity (Wildman–Crippen MR) is 93.2 cm³/mol. The van der Waals surface area contributed by atoms with Gasteiger partial charge in [0.1, 0.15) is 0 Å². The molecule has 0 aliphatic heterocycles. The summed E-state index contributed by atoms with van der Waals surface area (Å²) >= 11 is 5.96. The average Bonchev–Trinajstić information content (AvgIpc) is 3.07. The van der Waals surface area contributed by atoms with Crippen molar-refractivity contribution in [1.29, 1.82) is 0 Å². The van der Waals surface area contributed by atoms with E-state index in [1.54, 1.807) is 0 Å². The first-order valence-corrected chi connectivity index (χ1v) is 8.60. The fourth-order valence-electron chi connectivity index (χ4n) is 3.39. The molecule has 0 atom stereocenters. The smallest absolute Gasteiger partial charge is 0.0771 e. The van der Waals surface area contributed by atoms with E-state index in [9.17, 15) is 5.11 Å². The van der Waals surface area contributed by atoms with Crippen molar-refractivity contribution in [2.75, 3.05) is 6.54 Å². The molecule has 3 rings (SSSR count). The first-order valence-electron chi connectivity index (χ1n) is 8.23. The highest BCUT2D eigenvalue weighted by Gasteiger charge is 2.30. The van der Waals surface area contributed by atoms with Crippen LogP contribution in [0, 0.1) is 13.8 Å². The molecular formula is C18H24ClN3O. The molecule has 1 aromatic heterocycles. The van der Waals surface area contributed by atoms with E-state index in [2.05, 4.69) is 17.3 Å². The fourth-order valence-corrected chi connectivity index (χ4v) is 3.52. The zero-order chi connectivity index (χ0) is 16.4. The Bertz CT molecular complexity index is 672. The van der Waals surface area contributed by atoms with Crippen molar-refractivity contribution in [2.24, 2.45) is 0 Å². The minimum Gasteiger partial charge on any atom is -0.389 e. The summed E-state index contributed by atoms with van der Waals surface area (Å²) in [4.78, 5) is 0. The largest absolute Gasteiger partial charge is 0.389 e. The minimum atomic E-state index is -0.520. The molecule has 1 aliphatic rings. The van der Waals surface area contributed by atoms with Crippen molar-refractivity contribution in [1.82, 2.24) is 15.1 Å². The molecule has 5 heteroatoms. The van der Waals surface area contributed by atoms with Gasteiger partial charge in [-0.15, -0.1) is 0 Å². The molecule has 23 heavy (non-hydrogen) atoms. The van der Waals surface area contributed by atoms with E-state index >= 15 is 0 Å². The first-order chi connectivity index (χ1) is 11.0. The van der Waals surface area contributed by atoms with Gasteiger partial charge in [0.2, 0.25) is 0 Å². The summed E-state index contributed by atoms with van der Waals surface area (Å²) in [5.74, 6) is 0. The van der Waals surface area contributed by atoms with Crippen LogP contribution in [-0.4, -0.2) is 27.0 Å². The van der Waals surface area contributed by atoms with Gasteiger partial charge in [-0.05, 0) is 51.0 Å². The summed E-state index contributed by atoms with van der Waals surface area (Å²) in [6, 6.07) is 7.70. The second-order valence-electron chi connectivity index (χ2n) is 6.57.